The molecule has 0 fully saturated rings. The van der Waals surface area contributed by atoms with E-state index >= 15 is 0 Å². The second-order valence-electron chi connectivity index (χ2n) is 7.77. The Morgan fingerprint density at radius 2 is 0.744 bits per heavy atom. The van der Waals surface area contributed by atoms with Gasteiger partial charge in [-0.3, -0.25) is 0 Å². The molecule has 0 bridgehead atoms. The van der Waals surface area contributed by atoms with Gasteiger partial charge in [0.05, 0.1) is 21.6 Å². The summed E-state index contributed by atoms with van der Waals surface area (Å²) in [6.45, 7) is 18.0. The number of rotatable bonds is 6. The van der Waals surface area contributed by atoms with Crippen molar-refractivity contribution in [2.45, 2.75) is 80.3 Å². The Kier molecular flexibility index (Phi) is 40.0. The zero-order chi connectivity index (χ0) is 33.5. The summed E-state index contributed by atoms with van der Waals surface area (Å²) in [5.74, 6) is 0. The average Bonchev–Trinajstić information content (AvgIpc) is 2.64. The van der Waals surface area contributed by atoms with Gasteiger partial charge in [0.25, 0.3) is 0 Å². The molecule has 23 heteroatoms. The molecular weight excluding hydrogens is 1240 g/mol. The SMILES string of the molecule is CC.CC.CC(C)(C)NS(=O)(=O)/C=C\S(=O)(=O)NC(C)(C)C.NS(=O)(=O)/C=C\S(N)(=O)=O.[I][V]([I])[I].[I][V][I]. The molecule has 0 aromatic heterocycles. The molecule has 0 aromatic rings. The Balaban J connectivity index is -0.000000109. The van der Waals surface area contributed by atoms with Crippen LogP contribution in [0.5, 0.6) is 0 Å². The molecule has 241 valence electrons. The first kappa shape index (κ1) is 55.3. The van der Waals surface area contributed by atoms with E-state index in [-0.39, 0.29) is 4.92 Å². The van der Waals surface area contributed by atoms with Crippen LogP contribution in [0, 0.1) is 0 Å². The van der Waals surface area contributed by atoms with Crippen LogP contribution in [0.15, 0.2) is 21.6 Å². The average molecular weight is 1280 g/mol. The zero-order valence-electron chi connectivity index (χ0n) is 23.1. The summed E-state index contributed by atoms with van der Waals surface area (Å²) in [5.41, 5.74) is -1.32. The van der Waals surface area contributed by atoms with Crippen molar-refractivity contribution in [3.63, 3.8) is 0 Å². The maximum atomic E-state index is 11.6. The van der Waals surface area contributed by atoms with E-state index < -0.39 is 51.2 Å². The molecule has 0 radical (unpaired) electrons. The number of hydrogen-bond acceptors (Lipinski definition) is 8. The molecule has 0 heterocycles. The zero-order valence-corrected chi connectivity index (χ0v) is 40.0. The van der Waals surface area contributed by atoms with Crippen molar-refractivity contribution in [2.24, 2.45) is 10.3 Å². The van der Waals surface area contributed by atoms with Crippen molar-refractivity contribution in [1.29, 1.82) is 0 Å². The minimum absolute atomic E-state index is 0.278. The van der Waals surface area contributed by atoms with E-state index in [1.807, 2.05) is 27.7 Å². The van der Waals surface area contributed by atoms with Crippen molar-refractivity contribution in [1.82, 2.24) is 9.44 Å². The van der Waals surface area contributed by atoms with Crippen molar-refractivity contribution in [3.05, 3.63) is 21.6 Å². The molecule has 0 spiro atoms. The summed E-state index contributed by atoms with van der Waals surface area (Å²) in [6.07, 6.45) is 0. The molecule has 0 aliphatic heterocycles. The molecule has 6 N–H and O–H groups in total. The molecule has 0 saturated heterocycles. The summed E-state index contributed by atoms with van der Waals surface area (Å²) < 4.78 is 91.1. The van der Waals surface area contributed by atoms with Gasteiger partial charge in [-0.05, 0) is 41.5 Å². The van der Waals surface area contributed by atoms with Crippen LogP contribution in [0.2, 0.25) is 0 Å². The third kappa shape index (κ3) is 74.6. The first-order valence-electron chi connectivity index (χ1n) is 10.2. The topological polar surface area (TPSA) is 213 Å². The van der Waals surface area contributed by atoms with Crippen LogP contribution in [-0.4, -0.2) is 44.7 Å². The molecule has 0 aliphatic rings. The molecular formula is C16H40I5N4O8S4V2. The van der Waals surface area contributed by atoms with Gasteiger partial charge in [0.15, 0.2) is 0 Å². The van der Waals surface area contributed by atoms with Gasteiger partial charge in [-0.15, -0.1) is 0 Å². The van der Waals surface area contributed by atoms with Gasteiger partial charge >= 0.3 is 114 Å². The molecule has 0 unspecified atom stereocenters. The quantitative estimate of drug-likeness (QED) is 0.252. The number of halogens is 5. The van der Waals surface area contributed by atoms with Crippen LogP contribution >= 0.6 is 99.9 Å². The van der Waals surface area contributed by atoms with Crippen molar-refractivity contribution in [3.8, 4) is 0 Å². The number of nitrogens with two attached hydrogens (primary N) is 2. The maximum absolute atomic E-state index is 11.6. The molecule has 0 saturated carbocycles. The molecule has 0 rings (SSSR count). The molecule has 0 amide bonds. The molecule has 39 heavy (non-hydrogen) atoms. The Morgan fingerprint density at radius 1 is 0.590 bits per heavy atom. The minimum atomic E-state index is -3.90. The first-order chi connectivity index (χ1) is 17.0. The van der Waals surface area contributed by atoms with Gasteiger partial charge < -0.3 is 0 Å². The molecule has 0 aromatic carbocycles. The third-order valence-electron chi connectivity index (χ3n) is 1.75. The standard InChI is InChI=1S/C10H22N2O4S2.C2H6N2O4S2.2C2H6.5HI.2V/c1-9(2,3)11-17(13,14)7-8-18(15,16)12-10(4,5)6;3-9(5,6)1-2-10(4,7)8;2*1-2;;;;;;;/h7-8,11-12H,1-6H3;1-2H,(H2,3,5,6)(H2,4,7,8);2*1-2H3;5*1H;;/q;;;;;;;;;+2;+3/p-5/b8-7-;2-1-;;;;;;;;;. The van der Waals surface area contributed by atoms with E-state index in [1.165, 1.54) is 0 Å². The summed E-state index contributed by atoms with van der Waals surface area (Å²) in [6, 6.07) is 0. The molecule has 12 nitrogen and oxygen atoms in total. The predicted molar refractivity (Wildman–Crippen MR) is 201 cm³/mol. The van der Waals surface area contributed by atoms with Crippen LogP contribution in [0.4, 0.5) is 0 Å². The van der Waals surface area contributed by atoms with Gasteiger partial charge in [-0.1, -0.05) is 27.7 Å². The predicted octanol–water partition coefficient (Wildman–Crippen LogP) is 5.40. The Bertz CT molecular complexity index is 1010. The van der Waals surface area contributed by atoms with Gasteiger partial charge in [0.2, 0.25) is 40.1 Å². The van der Waals surface area contributed by atoms with Gasteiger partial charge in [0, 0.05) is 11.1 Å². The van der Waals surface area contributed by atoms with Gasteiger partial charge in [-0.2, -0.15) is 0 Å². The number of hydrogen-bond donors (Lipinski definition) is 4. The van der Waals surface area contributed by atoms with E-state index in [0.29, 0.717) is 31.1 Å². The van der Waals surface area contributed by atoms with Crippen LogP contribution in [0.25, 0.3) is 0 Å². The number of nitrogens with one attached hydrogen (secondary N) is 2. The van der Waals surface area contributed by atoms with E-state index in [2.05, 4.69) is 120 Å². The first-order valence-corrected chi connectivity index (χ1v) is 39.0. The van der Waals surface area contributed by atoms with Gasteiger partial charge in [0.1, 0.15) is 0 Å². The van der Waals surface area contributed by atoms with Crippen molar-refractivity contribution in [2.75, 3.05) is 0 Å². The fourth-order valence-corrected chi connectivity index (χ4v) is 5.48. The molecule has 0 aliphatic carbocycles. The van der Waals surface area contributed by atoms with E-state index in [4.69, 9.17) is 0 Å². The van der Waals surface area contributed by atoms with E-state index in [0.717, 1.165) is 0 Å². The monoisotopic (exact) mass is 1280 g/mol. The number of primary sulfonamides is 2. The Hall–Kier alpha value is 3.94. The Morgan fingerprint density at radius 3 is 0.846 bits per heavy atom. The normalized spacial score (nSPS) is 12.3. The van der Waals surface area contributed by atoms with E-state index in [9.17, 15) is 33.7 Å². The van der Waals surface area contributed by atoms with Crippen LogP contribution < -0.4 is 19.7 Å². The fourth-order valence-electron chi connectivity index (χ4n) is 1.22. The van der Waals surface area contributed by atoms with Crippen LogP contribution in [0.3, 0.4) is 0 Å². The summed E-state index contributed by atoms with van der Waals surface area (Å²) in [4.78, 5) is -0.278. The second kappa shape index (κ2) is 28.2. The van der Waals surface area contributed by atoms with E-state index in [1.54, 1.807) is 41.5 Å². The summed E-state index contributed by atoms with van der Waals surface area (Å²) in [7, 11) is -14.7. The summed E-state index contributed by atoms with van der Waals surface area (Å²) >= 11 is 12.1. The number of sulfonamides is 4. The summed E-state index contributed by atoms with van der Waals surface area (Å²) in [5, 5.41) is 10.7. The third-order valence-corrected chi connectivity index (χ3v) is 5.90. The fraction of sp³-hybridized carbons (Fsp3) is 0.750. The molecule has 0 atom stereocenters. The van der Waals surface area contributed by atoms with Gasteiger partial charge in [-0.25, -0.2) is 53.4 Å². The Labute approximate surface area is 304 Å². The van der Waals surface area contributed by atoms with Crippen LogP contribution in [-0.2, 0) is 54.5 Å². The second-order valence-corrected chi connectivity index (χ2v) is 61.0. The van der Waals surface area contributed by atoms with Crippen molar-refractivity contribution < 1.29 is 48.1 Å². The van der Waals surface area contributed by atoms with Crippen molar-refractivity contribution >= 4 is 140 Å². The van der Waals surface area contributed by atoms with Crippen LogP contribution in [0.1, 0.15) is 69.2 Å².